The van der Waals surface area contributed by atoms with Crippen molar-refractivity contribution in [1.82, 2.24) is 5.32 Å². The summed E-state index contributed by atoms with van der Waals surface area (Å²) in [5, 5.41) is 21.6. The Kier molecular flexibility index (Phi) is 10.0. The molecule has 0 unspecified atom stereocenters. The summed E-state index contributed by atoms with van der Waals surface area (Å²) in [7, 11) is 0. The molecule has 0 atom stereocenters. The number of hydrogen-bond acceptors (Lipinski definition) is 7. The number of nitriles is 1. The van der Waals surface area contributed by atoms with Gasteiger partial charge >= 0.3 is 5.97 Å². The zero-order valence-corrected chi connectivity index (χ0v) is 25.0. The summed E-state index contributed by atoms with van der Waals surface area (Å²) in [6.45, 7) is 6.98. The molecule has 5 rings (SSSR count). The number of carboxylic acids is 1. The molecule has 0 spiro atoms. The van der Waals surface area contributed by atoms with Crippen LogP contribution in [0, 0.1) is 25.2 Å². The molecule has 0 aromatic heterocycles. The first kappa shape index (κ1) is 30.5. The lowest BCUT2D eigenvalue weighted by molar-refractivity contribution is -0.137. The number of carboxylic acid groups (broad SMARTS) is 1. The molecule has 0 amide bonds. The minimum Gasteiger partial charge on any atom is -0.489 e. The van der Waals surface area contributed by atoms with Crippen molar-refractivity contribution in [3.05, 3.63) is 106 Å². The van der Waals surface area contributed by atoms with Crippen molar-refractivity contribution in [2.75, 3.05) is 19.8 Å². The number of aliphatic carboxylic acids is 1. The van der Waals surface area contributed by atoms with E-state index >= 15 is 0 Å². The predicted molar refractivity (Wildman–Crippen MR) is 167 cm³/mol. The quantitative estimate of drug-likeness (QED) is 0.165. The first-order valence-corrected chi connectivity index (χ1v) is 14.7. The molecule has 2 N–H and O–H groups in total. The lowest BCUT2D eigenvalue weighted by Crippen LogP contribution is -2.17. The average molecular weight is 593 g/mol. The topological polar surface area (TPSA) is 110 Å². The maximum absolute atomic E-state index is 10.9. The molecule has 8 heteroatoms. The van der Waals surface area contributed by atoms with Crippen LogP contribution in [0.3, 0.4) is 0 Å². The van der Waals surface area contributed by atoms with Gasteiger partial charge in [-0.3, -0.25) is 4.79 Å². The van der Waals surface area contributed by atoms with Gasteiger partial charge in [0.15, 0.2) is 11.5 Å². The van der Waals surface area contributed by atoms with Gasteiger partial charge in [-0.05, 0) is 90.5 Å². The van der Waals surface area contributed by atoms with Crippen LogP contribution >= 0.6 is 0 Å². The van der Waals surface area contributed by atoms with E-state index < -0.39 is 5.97 Å². The zero-order valence-electron chi connectivity index (χ0n) is 25.0. The van der Waals surface area contributed by atoms with Gasteiger partial charge in [0, 0.05) is 24.6 Å². The van der Waals surface area contributed by atoms with Crippen molar-refractivity contribution in [2.24, 2.45) is 0 Å². The van der Waals surface area contributed by atoms with Crippen molar-refractivity contribution < 1.29 is 28.8 Å². The predicted octanol–water partition coefficient (Wildman–Crippen LogP) is 6.73. The third-order valence-electron chi connectivity index (χ3n) is 7.60. The summed E-state index contributed by atoms with van der Waals surface area (Å²) in [4.78, 5) is 10.9. The first-order valence-electron chi connectivity index (χ1n) is 14.7. The Balaban J connectivity index is 1.33. The van der Waals surface area contributed by atoms with E-state index in [0.717, 1.165) is 50.4 Å². The largest absolute Gasteiger partial charge is 0.489 e. The summed E-state index contributed by atoms with van der Waals surface area (Å²) < 4.78 is 24.1. The highest BCUT2D eigenvalue weighted by Crippen LogP contribution is 2.36. The molecule has 0 aliphatic carbocycles. The first-order chi connectivity index (χ1) is 21.4. The maximum Gasteiger partial charge on any atom is 0.303 e. The molecule has 0 fully saturated rings. The highest BCUT2D eigenvalue weighted by Gasteiger charge is 2.16. The van der Waals surface area contributed by atoms with Crippen molar-refractivity contribution in [2.45, 2.75) is 46.4 Å². The van der Waals surface area contributed by atoms with Crippen molar-refractivity contribution in [1.29, 1.82) is 5.26 Å². The number of carbonyl (C=O) groups is 1. The maximum atomic E-state index is 10.9. The summed E-state index contributed by atoms with van der Waals surface area (Å²) in [5.74, 6) is 2.08. The molecular formula is C36H36N2O6. The van der Waals surface area contributed by atoms with Gasteiger partial charge in [0.25, 0.3) is 0 Å². The van der Waals surface area contributed by atoms with Crippen LogP contribution in [-0.2, 0) is 24.6 Å². The second-order valence-corrected chi connectivity index (χ2v) is 10.7. The van der Waals surface area contributed by atoms with Crippen molar-refractivity contribution >= 4 is 5.97 Å². The van der Waals surface area contributed by atoms with Crippen molar-refractivity contribution in [3.63, 3.8) is 0 Å². The fourth-order valence-corrected chi connectivity index (χ4v) is 5.19. The third kappa shape index (κ3) is 7.68. The van der Waals surface area contributed by atoms with E-state index in [1.165, 1.54) is 0 Å². The summed E-state index contributed by atoms with van der Waals surface area (Å²) in [5.41, 5.74) is 7.78. The van der Waals surface area contributed by atoms with Gasteiger partial charge in [-0.2, -0.15) is 5.26 Å². The highest BCUT2D eigenvalue weighted by molar-refractivity contribution is 5.71. The van der Waals surface area contributed by atoms with Gasteiger partial charge in [-0.15, -0.1) is 0 Å². The van der Waals surface area contributed by atoms with Gasteiger partial charge in [0.2, 0.25) is 0 Å². The van der Waals surface area contributed by atoms with E-state index in [0.29, 0.717) is 63.0 Å². The average Bonchev–Trinajstić information content (AvgIpc) is 3.03. The van der Waals surface area contributed by atoms with Crippen LogP contribution in [0.25, 0.3) is 11.1 Å². The summed E-state index contributed by atoms with van der Waals surface area (Å²) >= 11 is 0. The van der Waals surface area contributed by atoms with Crippen LogP contribution in [0.4, 0.5) is 0 Å². The van der Waals surface area contributed by atoms with Gasteiger partial charge in [0.05, 0.1) is 11.6 Å². The molecule has 4 aromatic carbocycles. The van der Waals surface area contributed by atoms with Gasteiger partial charge in [-0.25, -0.2) is 0 Å². The number of hydrogen-bond donors (Lipinski definition) is 2. The van der Waals surface area contributed by atoms with Crippen LogP contribution in [0.2, 0.25) is 0 Å². The zero-order chi connectivity index (χ0) is 30.9. The summed E-state index contributed by atoms with van der Waals surface area (Å²) in [6.07, 6.45) is 0.657. The fourth-order valence-electron chi connectivity index (χ4n) is 5.19. The van der Waals surface area contributed by atoms with Crippen molar-refractivity contribution in [3.8, 4) is 40.2 Å². The third-order valence-corrected chi connectivity index (χ3v) is 7.60. The molecule has 0 saturated heterocycles. The van der Waals surface area contributed by atoms with E-state index in [2.05, 4.69) is 30.4 Å². The lowest BCUT2D eigenvalue weighted by atomic mass is 9.96. The second kappa shape index (κ2) is 14.5. The Bertz CT molecular complexity index is 1680. The molecule has 0 bridgehead atoms. The Morgan fingerprint density at radius 1 is 0.955 bits per heavy atom. The normalized spacial score (nSPS) is 11.9. The Hall–Kier alpha value is -5.00. The minimum atomic E-state index is -0.805. The van der Waals surface area contributed by atoms with Gasteiger partial charge in [0.1, 0.15) is 37.9 Å². The fraction of sp³-hybridized carbons (Fsp3) is 0.278. The van der Waals surface area contributed by atoms with Crippen LogP contribution in [0.15, 0.2) is 72.8 Å². The Morgan fingerprint density at radius 3 is 2.59 bits per heavy atom. The molecule has 0 radical (unpaired) electrons. The molecule has 226 valence electrons. The molecule has 0 saturated carbocycles. The number of rotatable bonds is 13. The molecule has 1 aliphatic rings. The second-order valence-electron chi connectivity index (χ2n) is 10.7. The van der Waals surface area contributed by atoms with Gasteiger partial charge in [-0.1, -0.05) is 36.4 Å². The number of nitrogens with zero attached hydrogens (tertiary/aromatic N) is 1. The van der Waals surface area contributed by atoms with Gasteiger partial charge < -0.3 is 29.4 Å². The SMILES string of the molecule is Cc1cc(OCc2cccc(-c3ccc4c(c3)OCCO4)c2C)cc(OCc2cccc(C#N)c2)c1CNCCCC(=O)O. The minimum absolute atomic E-state index is 0.118. The number of fused-ring (bicyclic) bond motifs is 1. The number of ether oxygens (including phenoxy) is 4. The molecular weight excluding hydrogens is 556 g/mol. The van der Waals surface area contributed by atoms with E-state index in [-0.39, 0.29) is 6.42 Å². The van der Waals surface area contributed by atoms with E-state index in [9.17, 15) is 10.1 Å². The Labute approximate surface area is 257 Å². The molecule has 44 heavy (non-hydrogen) atoms. The Morgan fingerprint density at radius 2 is 1.77 bits per heavy atom. The van der Waals surface area contributed by atoms with E-state index in [1.54, 1.807) is 6.07 Å². The molecule has 1 aliphatic heterocycles. The number of aryl methyl sites for hydroxylation is 1. The van der Waals surface area contributed by atoms with E-state index in [4.69, 9.17) is 24.1 Å². The van der Waals surface area contributed by atoms with Crippen LogP contribution in [0.5, 0.6) is 23.0 Å². The number of nitrogens with one attached hydrogen (secondary N) is 1. The monoisotopic (exact) mass is 592 g/mol. The molecule has 8 nitrogen and oxygen atoms in total. The highest BCUT2D eigenvalue weighted by atomic mass is 16.6. The van der Waals surface area contributed by atoms with Crippen LogP contribution in [0.1, 0.15) is 46.2 Å². The summed E-state index contributed by atoms with van der Waals surface area (Å²) in [6, 6.07) is 25.6. The van der Waals surface area contributed by atoms with Crippen LogP contribution in [-0.4, -0.2) is 30.8 Å². The smallest absolute Gasteiger partial charge is 0.303 e. The molecule has 4 aromatic rings. The lowest BCUT2D eigenvalue weighted by Gasteiger charge is -2.20. The van der Waals surface area contributed by atoms with Crippen LogP contribution < -0.4 is 24.3 Å². The molecule has 1 heterocycles. The standard InChI is InChI=1S/C36H36N2O6/c1-24-16-30(43-23-29-8-4-9-31(25(29)2)28-11-12-33-35(18-28)42-15-14-41-33)19-34(32(24)21-38-13-5-10-36(39)40)44-22-27-7-3-6-26(17-27)20-37/h3-4,6-9,11-12,16-19,38H,5,10,13-15,21-23H2,1-2H3,(H,39,40). The number of benzene rings is 4. The van der Waals surface area contributed by atoms with E-state index in [1.807, 2.05) is 61.5 Å².